The van der Waals surface area contributed by atoms with E-state index < -0.39 is 22.6 Å². The van der Waals surface area contributed by atoms with Gasteiger partial charge in [0, 0.05) is 44.6 Å². The zero-order valence-corrected chi connectivity index (χ0v) is 24.2. The third kappa shape index (κ3) is 5.07. The SMILES string of the molecule is C=CCN(C)C(=O)[C@@H]1[C@@H]2CC(C)C3(S2)C(C(=O)N(CC=C)C2CCCCC2)N(CCCCCCO)C(=O)[C@H]13. The number of amides is 3. The van der Waals surface area contributed by atoms with E-state index in [1.807, 2.05) is 15.9 Å². The number of likely N-dealkylation sites (tertiary alicyclic amines) is 1. The van der Waals surface area contributed by atoms with Crippen molar-refractivity contribution >= 4 is 29.5 Å². The van der Waals surface area contributed by atoms with Gasteiger partial charge in [0.2, 0.25) is 17.7 Å². The highest BCUT2D eigenvalue weighted by molar-refractivity contribution is 8.02. The minimum atomic E-state index is -0.576. The van der Waals surface area contributed by atoms with Crippen molar-refractivity contribution in [3.05, 3.63) is 25.3 Å². The van der Waals surface area contributed by atoms with E-state index in [2.05, 4.69) is 20.1 Å². The molecule has 6 atom stereocenters. The molecule has 4 aliphatic rings. The Morgan fingerprint density at radius 3 is 2.42 bits per heavy atom. The lowest BCUT2D eigenvalue weighted by molar-refractivity contribution is -0.145. The Kier molecular flexibility index (Phi) is 9.67. The van der Waals surface area contributed by atoms with Crippen LogP contribution in [0.4, 0.5) is 0 Å². The van der Waals surface area contributed by atoms with Gasteiger partial charge in [0.15, 0.2) is 0 Å². The van der Waals surface area contributed by atoms with Gasteiger partial charge < -0.3 is 19.8 Å². The molecule has 3 amide bonds. The first kappa shape index (κ1) is 29.2. The number of hydrogen-bond donors (Lipinski definition) is 1. The molecule has 7 nitrogen and oxygen atoms in total. The number of hydrogen-bond acceptors (Lipinski definition) is 5. The van der Waals surface area contributed by atoms with Gasteiger partial charge in [-0.3, -0.25) is 14.4 Å². The Morgan fingerprint density at radius 1 is 1.08 bits per heavy atom. The maximum absolute atomic E-state index is 14.6. The molecule has 1 saturated carbocycles. The van der Waals surface area contributed by atoms with E-state index in [-0.39, 0.29) is 41.5 Å². The average molecular weight is 546 g/mol. The summed E-state index contributed by atoms with van der Waals surface area (Å²) in [7, 11) is 1.78. The maximum atomic E-state index is 14.6. The molecule has 0 radical (unpaired) electrons. The predicted molar refractivity (Wildman–Crippen MR) is 153 cm³/mol. The topological polar surface area (TPSA) is 81.2 Å². The lowest BCUT2D eigenvalue weighted by Crippen LogP contribution is -2.59. The highest BCUT2D eigenvalue weighted by atomic mass is 32.2. The zero-order chi connectivity index (χ0) is 27.4. The number of unbranched alkanes of at least 4 members (excludes halogenated alkanes) is 3. The van der Waals surface area contributed by atoms with Crippen molar-refractivity contribution in [1.29, 1.82) is 0 Å². The molecule has 2 bridgehead atoms. The Morgan fingerprint density at radius 2 is 1.76 bits per heavy atom. The van der Waals surface area contributed by atoms with Crippen LogP contribution in [-0.2, 0) is 14.4 Å². The van der Waals surface area contributed by atoms with Crippen molar-refractivity contribution < 1.29 is 19.5 Å². The van der Waals surface area contributed by atoms with Crippen molar-refractivity contribution in [1.82, 2.24) is 14.7 Å². The summed E-state index contributed by atoms with van der Waals surface area (Å²) in [5.74, 6) is -0.656. The number of fused-ring (bicyclic) bond motifs is 1. The Bertz CT molecular complexity index is 906. The fraction of sp³-hybridized carbons (Fsp3) is 0.767. The van der Waals surface area contributed by atoms with Crippen LogP contribution in [0.15, 0.2) is 25.3 Å². The van der Waals surface area contributed by atoms with Crippen LogP contribution in [0, 0.1) is 17.8 Å². The van der Waals surface area contributed by atoms with Crippen LogP contribution in [-0.4, -0.2) is 92.9 Å². The first-order valence-corrected chi connectivity index (χ1v) is 15.6. The largest absolute Gasteiger partial charge is 0.396 e. The summed E-state index contributed by atoms with van der Waals surface area (Å²) in [5, 5.41) is 9.23. The molecule has 1 aliphatic carbocycles. The second-order valence-corrected chi connectivity index (χ2v) is 13.3. The number of aliphatic hydroxyl groups is 1. The standard InChI is InChI=1S/C30H47N3O4S/c1-5-16-31(4)27(35)24-23-20-21(3)30(38-23)25(24)28(36)33(18-12-7-8-13-19-34)26(30)29(37)32(17-6-2)22-14-10-9-11-15-22/h5-6,21-26,34H,1-2,7-20H2,3-4H3/t21?,23-,24+,25-,26?,30?/m0/s1. The smallest absolute Gasteiger partial charge is 0.247 e. The van der Waals surface area contributed by atoms with Crippen LogP contribution in [0.3, 0.4) is 0 Å². The molecular weight excluding hydrogens is 498 g/mol. The lowest BCUT2D eigenvalue weighted by Gasteiger charge is -2.43. The fourth-order valence-corrected chi connectivity index (χ4v) is 10.1. The number of thioether (sulfide) groups is 1. The summed E-state index contributed by atoms with van der Waals surface area (Å²) in [6.45, 7) is 11.6. The van der Waals surface area contributed by atoms with Gasteiger partial charge in [-0.1, -0.05) is 51.2 Å². The molecule has 4 rings (SSSR count). The van der Waals surface area contributed by atoms with Crippen molar-refractivity contribution in [2.75, 3.05) is 33.3 Å². The minimum Gasteiger partial charge on any atom is -0.396 e. The Labute approximate surface area is 233 Å². The predicted octanol–water partition coefficient (Wildman–Crippen LogP) is 3.87. The second-order valence-electron chi connectivity index (χ2n) is 11.8. The number of likely N-dealkylation sites (N-methyl/N-ethyl adjacent to an activating group) is 1. The summed E-state index contributed by atoms with van der Waals surface area (Å²) < 4.78 is -0.576. The molecule has 0 aromatic heterocycles. The van der Waals surface area contributed by atoms with Gasteiger partial charge in [-0.25, -0.2) is 0 Å². The van der Waals surface area contributed by atoms with E-state index in [1.165, 1.54) is 6.42 Å². The maximum Gasteiger partial charge on any atom is 0.247 e. The van der Waals surface area contributed by atoms with Gasteiger partial charge in [-0.15, -0.1) is 24.9 Å². The fourth-order valence-electron chi connectivity index (χ4n) is 7.71. The number of carbonyl (C=O) groups is 3. The molecule has 3 saturated heterocycles. The van der Waals surface area contributed by atoms with Crippen LogP contribution in [0.1, 0.15) is 71.1 Å². The molecule has 0 aromatic carbocycles. The minimum absolute atomic E-state index is 0.000693. The van der Waals surface area contributed by atoms with Crippen LogP contribution < -0.4 is 0 Å². The highest BCUT2D eigenvalue weighted by Gasteiger charge is 2.76. The number of nitrogens with zero attached hydrogens (tertiary/aromatic N) is 3. The molecule has 3 heterocycles. The monoisotopic (exact) mass is 545 g/mol. The van der Waals surface area contributed by atoms with Crippen molar-refractivity contribution in [3.8, 4) is 0 Å². The Hall–Kier alpha value is -1.80. The lowest BCUT2D eigenvalue weighted by atomic mass is 9.65. The molecule has 1 N–H and O–H groups in total. The van der Waals surface area contributed by atoms with Crippen LogP contribution in [0.5, 0.6) is 0 Å². The number of aliphatic hydroxyl groups excluding tert-OH is 1. The van der Waals surface area contributed by atoms with Gasteiger partial charge in [-0.2, -0.15) is 0 Å². The zero-order valence-electron chi connectivity index (χ0n) is 23.4. The van der Waals surface area contributed by atoms with Gasteiger partial charge >= 0.3 is 0 Å². The van der Waals surface area contributed by atoms with E-state index in [4.69, 9.17) is 0 Å². The van der Waals surface area contributed by atoms with E-state index in [9.17, 15) is 19.5 Å². The van der Waals surface area contributed by atoms with Crippen molar-refractivity contribution in [2.45, 2.75) is 93.2 Å². The van der Waals surface area contributed by atoms with Gasteiger partial charge in [0.25, 0.3) is 0 Å². The number of rotatable bonds is 13. The average Bonchev–Trinajstić information content (AvgIpc) is 3.50. The highest BCUT2D eigenvalue weighted by Crippen LogP contribution is 2.69. The van der Waals surface area contributed by atoms with E-state index >= 15 is 0 Å². The molecule has 8 heteroatoms. The number of carbonyl (C=O) groups excluding carboxylic acids is 3. The third-order valence-corrected chi connectivity index (χ3v) is 11.6. The molecule has 0 aromatic rings. The molecule has 4 fully saturated rings. The van der Waals surface area contributed by atoms with Crippen LogP contribution in [0.25, 0.3) is 0 Å². The summed E-state index contributed by atoms with van der Waals surface area (Å²) in [6, 6.07) is -0.367. The van der Waals surface area contributed by atoms with Crippen LogP contribution >= 0.6 is 11.8 Å². The van der Waals surface area contributed by atoms with Crippen molar-refractivity contribution in [2.24, 2.45) is 17.8 Å². The molecule has 3 aliphatic heterocycles. The second kappa shape index (κ2) is 12.6. The molecule has 3 unspecified atom stereocenters. The van der Waals surface area contributed by atoms with E-state index in [1.54, 1.807) is 29.8 Å². The molecular formula is C30H47N3O4S. The summed E-state index contributed by atoms with van der Waals surface area (Å²) in [6.07, 6.45) is 13.2. The summed E-state index contributed by atoms with van der Waals surface area (Å²) >= 11 is 1.76. The molecule has 38 heavy (non-hydrogen) atoms. The third-order valence-electron chi connectivity index (χ3n) is 9.48. The van der Waals surface area contributed by atoms with Crippen molar-refractivity contribution in [3.63, 3.8) is 0 Å². The van der Waals surface area contributed by atoms with Gasteiger partial charge in [0.05, 0.1) is 16.6 Å². The van der Waals surface area contributed by atoms with E-state index in [0.717, 1.165) is 57.8 Å². The van der Waals surface area contributed by atoms with Gasteiger partial charge in [-0.05, 0) is 38.0 Å². The summed E-state index contributed by atoms with van der Waals surface area (Å²) in [4.78, 5) is 48.2. The summed E-state index contributed by atoms with van der Waals surface area (Å²) in [5.41, 5.74) is 0. The van der Waals surface area contributed by atoms with Crippen LogP contribution in [0.2, 0.25) is 0 Å². The van der Waals surface area contributed by atoms with E-state index in [0.29, 0.717) is 19.6 Å². The Balaban J connectivity index is 1.70. The normalized spacial score (nSPS) is 32.3. The first-order valence-electron chi connectivity index (χ1n) is 14.7. The quantitative estimate of drug-likeness (QED) is 0.281. The molecule has 212 valence electrons. The first-order chi connectivity index (χ1) is 18.3. The van der Waals surface area contributed by atoms with Gasteiger partial charge in [0.1, 0.15) is 6.04 Å². The molecule has 1 spiro atoms.